The molecule has 0 atom stereocenters. The molecule has 0 aliphatic carbocycles. The first-order valence-electron chi connectivity index (χ1n) is 6.17. The van der Waals surface area contributed by atoms with Gasteiger partial charge in [-0.3, -0.25) is 9.48 Å². The van der Waals surface area contributed by atoms with Gasteiger partial charge in [0.15, 0.2) is 15.6 Å². The van der Waals surface area contributed by atoms with E-state index in [2.05, 4.69) is 5.10 Å². The van der Waals surface area contributed by atoms with Gasteiger partial charge in [-0.15, -0.1) is 0 Å². The number of hydrogen-bond donors (Lipinski definition) is 0. The number of Topliss-reactive ketones (excluding diaryl/α,β-unsaturated/α-hetero) is 1. The zero-order chi connectivity index (χ0) is 14.8. The van der Waals surface area contributed by atoms with E-state index in [0.717, 1.165) is 11.8 Å². The van der Waals surface area contributed by atoms with Crippen molar-refractivity contribution >= 4 is 15.6 Å². The molecule has 6 heteroatoms. The first kappa shape index (κ1) is 14.5. The molecule has 2 aromatic rings. The Hall–Kier alpha value is -1.95. The quantitative estimate of drug-likeness (QED) is 0.786. The summed E-state index contributed by atoms with van der Waals surface area (Å²) in [6.45, 7) is 0. The fraction of sp³-hybridized carbons (Fsp3) is 0.286. The highest BCUT2D eigenvalue weighted by Crippen LogP contribution is 2.13. The number of hydrogen-bond acceptors (Lipinski definition) is 4. The smallest absolute Gasteiger partial charge is 0.175 e. The maximum atomic E-state index is 12.0. The minimum Gasteiger partial charge on any atom is -0.294 e. The van der Waals surface area contributed by atoms with Gasteiger partial charge in [-0.05, 0) is 24.1 Å². The Bertz CT molecular complexity index is 715. The number of benzene rings is 1. The monoisotopic (exact) mass is 292 g/mol. The lowest BCUT2D eigenvalue weighted by atomic mass is 10.0. The van der Waals surface area contributed by atoms with Gasteiger partial charge in [-0.25, -0.2) is 8.42 Å². The van der Waals surface area contributed by atoms with E-state index in [1.54, 1.807) is 23.0 Å². The van der Waals surface area contributed by atoms with Gasteiger partial charge in [-0.2, -0.15) is 5.10 Å². The van der Waals surface area contributed by atoms with Crippen molar-refractivity contribution in [1.82, 2.24) is 9.78 Å². The molecule has 0 saturated carbocycles. The van der Waals surface area contributed by atoms with E-state index in [9.17, 15) is 13.2 Å². The summed E-state index contributed by atoms with van der Waals surface area (Å²) in [5, 5.41) is 4.04. The molecule has 0 radical (unpaired) electrons. The molecule has 1 aromatic heterocycles. The SMILES string of the molecule is Cn1cc(CCC(=O)c2ccc(S(C)(=O)=O)cc2)cn1. The normalized spacial score (nSPS) is 11.5. The van der Waals surface area contributed by atoms with Crippen LogP contribution in [0.25, 0.3) is 0 Å². The third-order valence-corrected chi connectivity index (χ3v) is 4.13. The van der Waals surface area contributed by atoms with Crippen LogP contribution in [0.2, 0.25) is 0 Å². The number of carbonyl (C=O) groups excluding carboxylic acids is 1. The third kappa shape index (κ3) is 3.54. The van der Waals surface area contributed by atoms with Crippen molar-refractivity contribution in [1.29, 1.82) is 0 Å². The van der Waals surface area contributed by atoms with Gasteiger partial charge in [-0.1, -0.05) is 12.1 Å². The van der Waals surface area contributed by atoms with E-state index in [-0.39, 0.29) is 10.7 Å². The number of nitrogens with zero attached hydrogens (tertiary/aromatic N) is 2. The predicted octanol–water partition coefficient (Wildman–Crippen LogP) is 1.64. The van der Waals surface area contributed by atoms with Crippen LogP contribution in [-0.4, -0.2) is 30.2 Å². The Morgan fingerprint density at radius 2 is 1.90 bits per heavy atom. The summed E-state index contributed by atoms with van der Waals surface area (Å²) >= 11 is 0. The van der Waals surface area contributed by atoms with E-state index < -0.39 is 9.84 Å². The van der Waals surface area contributed by atoms with Crippen LogP contribution >= 0.6 is 0 Å². The maximum absolute atomic E-state index is 12.0. The van der Waals surface area contributed by atoms with E-state index in [1.165, 1.54) is 12.1 Å². The Kier molecular flexibility index (Phi) is 4.04. The van der Waals surface area contributed by atoms with Crippen LogP contribution in [0.1, 0.15) is 22.3 Å². The van der Waals surface area contributed by atoms with E-state index in [1.807, 2.05) is 13.2 Å². The Labute approximate surface area is 118 Å². The van der Waals surface area contributed by atoms with Crippen molar-refractivity contribution in [3.05, 3.63) is 47.8 Å². The second-order valence-corrected chi connectivity index (χ2v) is 6.76. The number of aromatic nitrogens is 2. The standard InChI is InChI=1S/C14H16N2O3S/c1-16-10-11(9-15-16)3-8-14(17)12-4-6-13(7-5-12)20(2,18)19/h4-7,9-10H,3,8H2,1-2H3. The fourth-order valence-electron chi connectivity index (χ4n) is 1.89. The minimum absolute atomic E-state index is 0.00564. The molecule has 0 saturated heterocycles. The molecule has 0 N–H and O–H groups in total. The van der Waals surface area contributed by atoms with Crippen LogP contribution in [-0.2, 0) is 23.3 Å². The van der Waals surface area contributed by atoms with Gasteiger partial charge >= 0.3 is 0 Å². The molecule has 0 aliphatic heterocycles. The Morgan fingerprint density at radius 3 is 2.40 bits per heavy atom. The fourth-order valence-corrected chi connectivity index (χ4v) is 2.52. The molecule has 2 rings (SSSR count). The summed E-state index contributed by atoms with van der Waals surface area (Å²) in [7, 11) is -1.39. The van der Waals surface area contributed by atoms with Crippen LogP contribution in [0.4, 0.5) is 0 Å². The van der Waals surface area contributed by atoms with Crippen molar-refractivity contribution in [2.24, 2.45) is 7.05 Å². The van der Waals surface area contributed by atoms with Crippen molar-refractivity contribution in [3.8, 4) is 0 Å². The molecular formula is C14H16N2O3S. The molecule has 106 valence electrons. The first-order valence-corrected chi connectivity index (χ1v) is 8.06. The highest BCUT2D eigenvalue weighted by molar-refractivity contribution is 7.90. The summed E-state index contributed by atoms with van der Waals surface area (Å²) in [5.74, 6) is -0.00564. The lowest BCUT2D eigenvalue weighted by molar-refractivity contribution is 0.0982. The van der Waals surface area contributed by atoms with E-state index in [4.69, 9.17) is 0 Å². The van der Waals surface area contributed by atoms with Crippen LogP contribution < -0.4 is 0 Å². The van der Waals surface area contributed by atoms with Crippen molar-refractivity contribution in [3.63, 3.8) is 0 Å². The lowest BCUT2D eigenvalue weighted by Crippen LogP contribution is -2.02. The summed E-state index contributed by atoms with van der Waals surface area (Å²) in [6.07, 6.45) is 5.76. The molecule has 1 heterocycles. The number of sulfone groups is 1. The highest BCUT2D eigenvalue weighted by atomic mass is 32.2. The molecule has 0 spiro atoms. The van der Waals surface area contributed by atoms with Gasteiger partial charge in [0.2, 0.25) is 0 Å². The van der Waals surface area contributed by atoms with Gasteiger partial charge in [0.25, 0.3) is 0 Å². The Balaban J connectivity index is 2.02. The summed E-state index contributed by atoms with van der Waals surface area (Å²) in [4.78, 5) is 12.2. The topological polar surface area (TPSA) is 69.0 Å². The number of ketones is 1. The molecule has 1 aromatic carbocycles. The summed E-state index contributed by atoms with van der Waals surface area (Å²) in [5.41, 5.74) is 1.54. The van der Waals surface area contributed by atoms with Crippen LogP contribution in [0.5, 0.6) is 0 Å². The van der Waals surface area contributed by atoms with Crippen molar-refractivity contribution in [2.45, 2.75) is 17.7 Å². The average molecular weight is 292 g/mol. The minimum atomic E-state index is -3.22. The van der Waals surface area contributed by atoms with Crippen LogP contribution in [0.15, 0.2) is 41.6 Å². The number of rotatable bonds is 5. The molecule has 0 amide bonds. The number of carbonyl (C=O) groups is 1. The third-order valence-electron chi connectivity index (χ3n) is 3.00. The Morgan fingerprint density at radius 1 is 1.25 bits per heavy atom. The second-order valence-electron chi connectivity index (χ2n) is 4.74. The molecule has 0 unspecified atom stereocenters. The van der Waals surface area contributed by atoms with Crippen LogP contribution in [0.3, 0.4) is 0 Å². The summed E-state index contributed by atoms with van der Waals surface area (Å²) in [6, 6.07) is 6.04. The van der Waals surface area contributed by atoms with E-state index in [0.29, 0.717) is 18.4 Å². The summed E-state index contributed by atoms with van der Waals surface area (Å²) < 4.78 is 24.4. The molecule has 0 aliphatic rings. The van der Waals surface area contributed by atoms with Gasteiger partial charge < -0.3 is 0 Å². The maximum Gasteiger partial charge on any atom is 0.175 e. The average Bonchev–Trinajstić information content (AvgIpc) is 2.81. The zero-order valence-electron chi connectivity index (χ0n) is 11.4. The molecular weight excluding hydrogens is 276 g/mol. The van der Waals surface area contributed by atoms with Gasteiger partial charge in [0.05, 0.1) is 11.1 Å². The number of aryl methyl sites for hydroxylation is 2. The lowest BCUT2D eigenvalue weighted by Gasteiger charge is -2.02. The predicted molar refractivity (Wildman–Crippen MR) is 75.4 cm³/mol. The molecule has 0 fully saturated rings. The highest BCUT2D eigenvalue weighted by Gasteiger charge is 2.10. The first-order chi connectivity index (χ1) is 9.36. The van der Waals surface area contributed by atoms with Gasteiger partial charge in [0.1, 0.15) is 0 Å². The largest absolute Gasteiger partial charge is 0.294 e. The van der Waals surface area contributed by atoms with Gasteiger partial charge in [0, 0.05) is 31.5 Å². The molecule has 0 bridgehead atoms. The second kappa shape index (κ2) is 5.58. The van der Waals surface area contributed by atoms with E-state index >= 15 is 0 Å². The van der Waals surface area contributed by atoms with Crippen molar-refractivity contribution < 1.29 is 13.2 Å². The molecule has 20 heavy (non-hydrogen) atoms. The molecule has 5 nitrogen and oxygen atoms in total. The van der Waals surface area contributed by atoms with Crippen molar-refractivity contribution in [2.75, 3.05) is 6.26 Å². The van der Waals surface area contributed by atoms with Crippen LogP contribution in [0, 0.1) is 0 Å². The zero-order valence-corrected chi connectivity index (χ0v) is 12.2.